The number of carbonyl (C=O) groups is 1. The normalized spacial score (nSPS) is 24.2. The topological polar surface area (TPSA) is 65.5 Å². The molecule has 0 bridgehead atoms. The van der Waals surface area contributed by atoms with E-state index in [0.29, 0.717) is 17.9 Å². The molecule has 6 heteroatoms. The zero-order chi connectivity index (χ0) is 14.0. The third kappa shape index (κ3) is 3.58. The Bertz CT molecular complexity index is 481. The van der Waals surface area contributed by atoms with Gasteiger partial charge in [-0.3, -0.25) is 0 Å². The van der Waals surface area contributed by atoms with E-state index in [1.54, 1.807) is 0 Å². The summed E-state index contributed by atoms with van der Waals surface area (Å²) in [5, 5.41) is 12.5. The molecule has 0 saturated carbocycles. The molecule has 2 unspecified atom stereocenters. The highest BCUT2D eigenvalue weighted by Crippen LogP contribution is 2.21. The van der Waals surface area contributed by atoms with Crippen LogP contribution in [-0.4, -0.2) is 46.6 Å². The van der Waals surface area contributed by atoms with Gasteiger partial charge in [-0.15, -0.1) is 0 Å². The van der Waals surface area contributed by atoms with E-state index < -0.39 is 5.97 Å². The Morgan fingerprint density at radius 2 is 2.32 bits per heavy atom. The van der Waals surface area contributed by atoms with Crippen molar-refractivity contribution in [3.8, 4) is 0 Å². The van der Waals surface area contributed by atoms with Crippen LogP contribution in [0.5, 0.6) is 0 Å². The number of hydrogen-bond acceptors (Lipinski definition) is 4. The second-order valence-electron chi connectivity index (χ2n) is 5.06. The summed E-state index contributed by atoms with van der Waals surface area (Å²) in [4.78, 5) is 17.4. The molecule has 2 heterocycles. The number of nitrogens with one attached hydrogen (secondary N) is 1. The van der Waals surface area contributed by atoms with Gasteiger partial charge in [0.15, 0.2) is 0 Å². The van der Waals surface area contributed by atoms with Gasteiger partial charge in [-0.1, -0.05) is 11.6 Å². The van der Waals surface area contributed by atoms with Gasteiger partial charge in [0.25, 0.3) is 0 Å². The van der Waals surface area contributed by atoms with Gasteiger partial charge in [-0.2, -0.15) is 0 Å². The van der Waals surface area contributed by atoms with Crippen LogP contribution < -0.4 is 5.32 Å². The maximum absolute atomic E-state index is 11.0. The second kappa shape index (κ2) is 5.75. The van der Waals surface area contributed by atoms with Crippen molar-refractivity contribution in [1.82, 2.24) is 9.88 Å². The van der Waals surface area contributed by atoms with Gasteiger partial charge in [0.1, 0.15) is 11.0 Å². The van der Waals surface area contributed by atoms with Gasteiger partial charge < -0.3 is 15.3 Å². The summed E-state index contributed by atoms with van der Waals surface area (Å²) in [7, 11) is 2.11. The minimum atomic E-state index is -0.996. The molecule has 1 aliphatic heterocycles. The summed E-state index contributed by atoms with van der Waals surface area (Å²) in [5.74, 6) is -0.462. The Morgan fingerprint density at radius 1 is 1.58 bits per heavy atom. The Kier molecular flexibility index (Phi) is 4.27. The fourth-order valence-corrected chi connectivity index (χ4v) is 2.53. The van der Waals surface area contributed by atoms with Gasteiger partial charge in [-0.05, 0) is 38.9 Å². The van der Waals surface area contributed by atoms with E-state index in [-0.39, 0.29) is 10.7 Å². The lowest BCUT2D eigenvalue weighted by Gasteiger charge is -2.35. The zero-order valence-electron chi connectivity index (χ0n) is 11.1. The van der Waals surface area contributed by atoms with Crippen LogP contribution in [0.15, 0.2) is 12.1 Å². The molecule has 104 valence electrons. The minimum Gasteiger partial charge on any atom is -0.478 e. The number of carboxylic acid groups (broad SMARTS) is 1. The predicted molar refractivity (Wildman–Crippen MR) is 74.9 cm³/mol. The Balaban J connectivity index is 2.09. The average Bonchev–Trinajstić information content (AvgIpc) is 2.33. The highest BCUT2D eigenvalue weighted by atomic mass is 35.5. The van der Waals surface area contributed by atoms with Crippen LogP contribution in [0.3, 0.4) is 0 Å². The van der Waals surface area contributed by atoms with E-state index in [0.717, 1.165) is 19.4 Å². The molecule has 0 spiro atoms. The van der Waals surface area contributed by atoms with Gasteiger partial charge in [0.05, 0.1) is 5.56 Å². The largest absolute Gasteiger partial charge is 0.478 e. The molecule has 5 nitrogen and oxygen atoms in total. The average molecular weight is 284 g/mol. The zero-order valence-corrected chi connectivity index (χ0v) is 11.8. The second-order valence-corrected chi connectivity index (χ2v) is 5.45. The molecule has 1 saturated heterocycles. The SMILES string of the molecule is CC1CC(Nc2cc(C(=O)O)cc(Cl)n2)CCN1C. The summed E-state index contributed by atoms with van der Waals surface area (Å²) in [6, 6.07) is 3.69. The lowest BCUT2D eigenvalue weighted by molar-refractivity contribution is 0.0697. The molecule has 19 heavy (non-hydrogen) atoms. The minimum absolute atomic E-state index is 0.156. The van der Waals surface area contributed by atoms with E-state index >= 15 is 0 Å². The third-order valence-corrected chi connectivity index (χ3v) is 3.80. The van der Waals surface area contributed by atoms with E-state index in [9.17, 15) is 4.79 Å². The van der Waals surface area contributed by atoms with E-state index in [1.165, 1.54) is 12.1 Å². The quantitative estimate of drug-likeness (QED) is 0.834. The molecule has 2 atom stereocenters. The molecular weight excluding hydrogens is 266 g/mol. The number of aromatic carboxylic acids is 1. The Labute approximate surface area is 117 Å². The van der Waals surface area contributed by atoms with Crippen LogP contribution in [0, 0.1) is 0 Å². The monoisotopic (exact) mass is 283 g/mol. The number of anilines is 1. The van der Waals surface area contributed by atoms with Gasteiger partial charge in [0.2, 0.25) is 0 Å². The van der Waals surface area contributed by atoms with E-state index in [4.69, 9.17) is 16.7 Å². The number of piperidine rings is 1. The highest BCUT2D eigenvalue weighted by molar-refractivity contribution is 6.29. The van der Waals surface area contributed by atoms with Crippen molar-refractivity contribution in [3.63, 3.8) is 0 Å². The number of likely N-dealkylation sites (tertiary alicyclic amines) is 1. The fraction of sp³-hybridized carbons (Fsp3) is 0.538. The first-order valence-corrected chi connectivity index (χ1v) is 6.71. The van der Waals surface area contributed by atoms with Crippen LogP contribution >= 0.6 is 11.6 Å². The molecular formula is C13H18ClN3O2. The number of pyridine rings is 1. The number of carboxylic acids is 1. The third-order valence-electron chi connectivity index (χ3n) is 3.60. The first kappa shape index (κ1) is 14.1. The van der Waals surface area contributed by atoms with Crippen molar-refractivity contribution in [2.45, 2.75) is 31.8 Å². The molecule has 0 radical (unpaired) electrons. The number of halogens is 1. The maximum Gasteiger partial charge on any atom is 0.335 e. The van der Waals surface area contributed by atoms with Crippen molar-refractivity contribution in [2.24, 2.45) is 0 Å². The van der Waals surface area contributed by atoms with E-state index in [2.05, 4.69) is 29.2 Å². The van der Waals surface area contributed by atoms with Crippen molar-refractivity contribution >= 4 is 23.4 Å². The van der Waals surface area contributed by atoms with Crippen molar-refractivity contribution < 1.29 is 9.90 Å². The molecule has 1 aromatic heterocycles. The number of aromatic nitrogens is 1. The first-order chi connectivity index (χ1) is 8.95. The van der Waals surface area contributed by atoms with Gasteiger partial charge in [-0.25, -0.2) is 9.78 Å². The smallest absolute Gasteiger partial charge is 0.335 e. The summed E-state index contributed by atoms with van der Waals surface area (Å²) in [6.07, 6.45) is 2.02. The van der Waals surface area contributed by atoms with Crippen LogP contribution in [0.1, 0.15) is 30.1 Å². The summed E-state index contributed by atoms with van der Waals surface area (Å²) >= 11 is 5.84. The van der Waals surface area contributed by atoms with Gasteiger partial charge >= 0.3 is 5.97 Å². The molecule has 1 fully saturated rings. The molecule has 0 aliphatic carbocycles. The van der Waals surface area contributed by atoms with Crippen molar-refractivity contribution in [3.05, 3.63) is 22.8 Å². The summed E-state index contributed by atoms with van der Waals surface area (Å²) < 4.78 is 0. The van der Waals surface area contributed by atoms with Crippen LogP contribution in [0.25, 0.3) is 0 Å². The van der Waals surface area contributed by atoms with Crippen molar-refractivity contribution in [2.75, 3.05) is 18.9 Å². The maximum atomic E-state index is 11.0. The Morgan fingerprint density at radius 3 is 2.95 bits per heavy atom. The van der Waals surface area contributed by atoms with E-state index in [1.807, 2.05) is 0 Å². The standard InChI is InChI=1S/C13H18ClN3O2/c1-8-5-10(3-4-17(8)2)15-12-7-9(13(18)19)6-11(14)16-12/h6-8,10H,3-5H2,1-2H3,(H,15,16)(H,18,19). The van der Waals surface area contributed by atoms with Crippen LogP contribution in [0.2, 0.25) is 5.15 Å². The molecule has 0 amide bonds. The summed E-state index contributed by atoms with van der Waals surface area (Å²) in [5.41, 5.74) is 0.156. The van der Waals surface area contributed by atoms with Crippen molar-refractivity contribution in [1.29, 1.82) is 0 Å². The number of nitrogens with zero attached hydrogens (tertiary/aromatic N) is 2. The van der Waals surface area contributed by atoms with Gasteiger partial charge in [0, 0.05) is 18.6 Å². The molecule has 1 aliphatic rings. The van der Waals surface area contributed by atoms with Crippen LogP contribution in [0.4, 0.5) is 5.82 Å². The lowest BCUT2D eigenvalue weighted by atomic mass is 9.99. The number of hydrogen-bond donors (Lipinski definition) is 2. The predicted octanol–water partition coefficient (Wildman–Crippen LogP) is 2.33. The Hall–Kier alpha value is -1.33. The molecule has 1 aromatic rings. The summed E-state index contributed by atoms with van der Waals surface area (Å²) in [6.45, 7) is 3.20. The fourth-order valence-electron chi connectivity index (χ4n) is 2.32. The highest BCUT2D eigenvalue weighted by Gasteiger charge is 2.23. The molecule has 2 N–H and O–H groups in total. The molecule has 0 aromatic carbocycles. The first-order valence-electron chi connectivity index (χ1n) is 6.33. The lowest BCUT2D eigenvalue weighted by Crippen LogP contribution is -2.42. The number of rotatable bonds is 3. The van der Waals surface area contributed by atoms with Crippen LogP contribution in [-0.2, 0) is 0 Å². The molecule has 2 rings (SSSR count).